The van der Waals surface area contributed by atoms with Crippen LogP contribution in [0.4, 0.5) is 22.7 Å². The van der Waals surface area contributed by atoms with Crippen LogP contribution in [0.15, 0.2) is 219 Å². The van der Waals surface area contributed by atoms with E-state index in [-0.39, 0.29) is 48.1 Å². The van der Waals surface area contributed by atoms with Crippen LogP contribution < -0.4 is 14.5 Å². The predicted molar refractivity (Wildman–Crippen MR) is 343 cm³/mol. The van der Waals surface area contributed by atoms with Crippen molar-refractivity contribution in [3.05, 3.63) is 282 Å². The third kappa shape index (κ3) is 10.7. The minimum atomic E-state index is -0.314. The second-order valence-corrected chi connectivity index (χ2v) is 25.9. The fourth-order valence-corrected chi connectivity index (χ4v) is 11.8. The van der Waals surface area contributed by atoms with Crippen LogP contribution in [0.1, 0.15) is 128 Å². The van der Waals surface area contributed by atoms with Crippen molar-refractivity contribution < 1.29 is 25.8 Å². The van der Waals surface area contributed by atoms with Gasteiger partial charge in [0.05, 0.1) is 0 Å². The maximum Gasteiger partial charge on any atom is 0.135 e. The first kappa shape index (κ1) is 56.9. The Balaban J connectivity index is 0.00000721. The second-order valence-electron chi connectivity index (χ2n) is 25.9. The number of benzene rings is 9. The Bertz CT molecular complexity index is 4080. The molecule has 0 bridgehead atoms. The summed E-state index contributed by atoms with van der Waals surface area (Å²) in [6.07, 6.45) is 1.92. The summed E-state index contributed by atoms with van der Waals surface area (Å²) in [7, 11) is 0. The van der Waals surface area contributed by atoms with Crippen molar-refractivity contribution in [3.8, 4) is 28.4 Å². The molecule has 11 aromatic rings. The molecule has 12 rings (SSSR count). The molecule has 2 aromatic heterocycles. The Morgan fingerprint density at radius 1 is 0.398 bits per heavy atom. The summed E-state index contributed by atoms with van der Waals surface area (Å²) < 4.78 is 9.32. The van der Waals surface area contributed by atoms with E-state index in [1.165, 1.54) is 44.5 Å². The zero-order valence-corrected chi connectivity index (χ0v) is 52.1. The number of ether oxygens (including phenoxy) is 1. The summed E-state index contributed by atoms with van der Waals surface area (Å²) >= 11 is 0. The van der Waals surface area contributed by atoms with Gasteiger partial charge in [-0.05, 0) is 109 Å². The van der Waals surface area contributed by atoms with Crippen molar-refractivity contribution in [2.45, 2.75) is 110 Å². The van der Waals surface area contributed by atoms with Gasteiger partial charge in [0.1, 0.15) is 5.82 Å². The quantitative estimate of drug-likeness (QED) is 0.114. The fraction of sp³-hybridized carbons (Fsp3) is 0.221. The largest absolute Gasteiger partial charge is 0.509 e. The van der Waals surface area contributed by atoms with Gasteiger partial charge in [-0.1, -0.05) is 234 Å². The van der Waals surface area contributed by atoms with E-state index in [0.717, 1.165) is 61.5 Å². The average Bonchev–Trinajstić information content (AvgIpc) is 2.15. The molecule has 0 fully saturated rings. The van der Waals surface area contributed by atoms with E-state index in [1.54, 1.807) is 0 Å². The molecule has 1 aliphatic heterocycles. The summed E-state index contributed by atoms with van der Waals surface area (Å²) in [5, 5.41) is 2.19. The smallest absolute Gasteiger partial charge is 0.135 e. The predicted octanol–water partition coefficient (Wildman–Crippen LogP) is 20.2. The van der Waals surface area contributed by atoms with Crippen LogP contribution >= 0.6 is 0 Å². The number of rotatable bonds is 12. The molecule has 83 heavy (non-hydrogen) atoms. The van der Waals surface area contributed by atoms with Gasteiger partial charge < -0.3 is 19.1 Å². The van der Waals surface area contributed by atoms with E-state index in [2.05, 4.69) is 323 Å². The van der Waals surface area contributed by atoms with E-state index in [1.807, 2.05) is 12.3 Å². The van der Waals surface area contributed by atoms with Crippen LogP contribution in [0.5, 0.6) is 11.5 Å². The van der Waals surface area contributed by atoms with Crippen molar-refractivity contribution in [1.29, 1.82) is 0 Å². The number of hydrogen-bond donors (Lipinski definition) is 0. The topological polar surface area (TPSA) is 33.5 Å². The van der Waals surface area contributed by atoms with E-state index in [4.69, 9.17) is 9.72 Å². The van der Waals surface area contributed by atoms with Crippen molar-refractivity contribution in [3.63, 3.8) is 0 Å². The first-order chi connectivity index (χ1) is 39.1. The van der Waals surface area contributed by atoms with E-state index in [9.17, 15) is 0 Å². The van der Waals surface area contributed by atoms with Crippen molar-refractivity contribution in [2.24, 2.45) is 0 Å². The average molecular weight is 1270 g/mol. The molecule has 9 aromatic carbocycles. The van der Waals surface area contributed by atoms with Crippen LogP contribution in [-0.2, 0) is 48.1 Å². The molecule has 0 saturated heterocycles. The Morgan fingerprint density at radius 2 is 0.964 bits per heavy atom. The Labute approximate surface area is 506 Å². The van der Waals surface area contributed by atoms with Gasteiger partial charge in [-0.25, -0.2) is 4.98 Å². The molecule has 0 saturated carbocycles. The summed E-state index contributed by atoms with van der Waals surface area (Å²) in [6, 6.07) is 84.8. The number of aromatic nitrogens is 2. The third-order valence-corrected chi connectivity index (χ3v) is 17.3. The van der Waals surface area contributed by atoms with Crippen LogP contribution in [0.25, 0.3) is 38.8 Å². The summed E-state index contributed by atoms with van der Waals surface area (Å²) in [5.41, 5.74) is 16.9. The van der Waals surface area contributed by atoms with Gasteiger partial charge in [0.15, 0.2) is 0 Å². The molecule has 0 atom stereocenters. The van der Waals surface area contributed by atoms with Gasteiger partial charge in [0, 0.05) is 77.6 Å². The number of anilines is 4. The van der Waals surface area contributed by atoms with Gasteiger partial charge in [-0.3, -0.25) is 0 Å². The SMILES string of the molecule is CC(C)(C)c1cc(Oc2[c-]c3c(cc2)c2cc(-c4ccccc4)ccc2n3-c2cc(C(C)(C)C)ccn2)[c-]c(N2[CH-]N(c3cc(C(C)(C)c4ccccc4)cc(C(C)(C)c4ccccc4)c3)c3cc(C(C)(C)c4ccccc4)ccc32)c1.[Pt]. The summed E-state index contributed by atoms with van der Waals surface area (Å²) in [5.74, 6) is 2.03. The second kappa shape index (κ2) is 21.6. The first-order valence-corrected chi connectivity index (χ1v) is 28.8. The van der Waals surface area contributed by atoms with Crippen LogP contribution in [0, 0.1) is 18.8 Å². The van der Waals surface area contributed by atoms with Crippen LogP contribution in [0.2, 0.25) is 0 Å². The molecule has 1 aliphatic rings. The minimum Gasteiger partial charge on any atom is -0.509 e. The number of fused-ring (bicyclic) bond motifs is 4. The fourth-order valence-electron chi connectivity index (χ4n) is 11.8. The zero-order chi connectivity index (χ0) is 57.3. The Morgan fingerprint density at radius 3 is 1.54 bits per heavy atom. The summed E-state index contributed by atoms with van der Waals surface area (Å²) in [4.78, 5) is 9.71. The van der Waals surface area contributed by atoms with Gasteiger partial charge in [-0.15, -0.1) is 53.6 Å². The first-order valence-electron chi connectivity index (χ1n) is 28.8. The molecule has 5 nitrogen and oxygen atoms in total. The van der Waals surface area contributed by atoms with Crippen molar-refractivity contribution in [1.82, 2.24) is 9.55 Å². The number of nitrogens with zero attached hydrogens (tertiary/aromatic N) is 4. The molecule has 6 heteroatoms. The molecule has 0 spiro atoms. The minimum absolute atomic E-state index is 0. The monoisotopic (exact) mass is 1260 g/mol. The zero-order valence-electron chi connectivity index (χ0n) is 49.9. The molecule has 0 unspecified atom stereocenters. The van der Waals surface area contributed by atoms with Gasteiger partial charge in [-0.2, -0.15) is 6.07 Å². The van der Waals surface area contributed by atoms with Gasteiger partial charge >= 0.3 is 0 Å². The Hall–Kier alpha value is -7.98. The summed E-state index contributed by atoms with van der Waals surface area (Å²) in [6.45, 7) is 29.8. The van der Waals surface area contributed by atoms with Gasteiger partial charge in [0.2, 0.25) is 0 Å². The van der Waals surface area contributed by atoms with Crippen LogP contribution in [-0.4, -0.2) is 9.55 Å². The van der Waals surface area contributed by atoms with E-state index >= 15 is 0 Å². The third-order valence-electron chi connectivity index (χ3n) is 17.3. The molecule has 0 amide bonds. The molecule has 3 heterocycles. The number of pyridine rings is 1. The van der Waals surface area contributed by atoms with Gasteiger partial charge in [0.25, 0.3) is 0 Å². The standard InChI is InChI=1S/C77H73N4O.Pt/c1-73(2,3)57-39-40-78-72(48-57)81-68-37-33-53(52-25-17-13-18-26-52)41-67(68)66-36-35-64(50-70(66)81)82-65-46-59(74(4,5)6)43-63(49-65)79-51-80(71-47-58(34-38-69(71)79)75(7,8)54-27-19-14-20-28-54)62-44-60(76(9,10)55-29-21-15-22-30-55)42-61(45-62)77(11,12)56-31-23-16-24-32-56;/h13-48,51H,1-12H3;/q-3;. The molecule has 0 radical (unpaired) electrons. The van der Waals surface area contributed by atoms with Crippen LogP contribution in [0.3, 0.4) is 0 Å². The molecular weight excluding hydrogens is 1190 g/mol. The van der Waals surface area contributed by atoms with E-state index in [0.29, 0.717) is 11.5 Å². The normalized spacial score (nSPS) is 13.1. The Kier molecular flexibility index (Phi) is 14.8. The molecule has 0 aliphatic carbocycles. The maximum atomic E-state index is 7.08. The maximum absolute atomic E-state index is 7.08. The molecule has 420 valence electrons. The molecule has 0 N–H and O–H groups in total. The van der Waals surface area contributed by atoms with Crippen molar-refractivity contribution in [2.75, 3.05) is 9.80 Å². The van der Waals surface area contributed by atoms with E-state index < -0.39 is 0 Å². The van der Waals surface area contributed by atoms with Crippen molar-refractivity contribution >= 4 is 44.6 Å². The molecular formula is C77H73N4OPt-3. The number of hydrogen-bond acceptors (Lipinski definition) is 4.